The highest BCUT2D eigenvalue weighted by atomic mass is 32.2. The van der Waals surface area contributed by atoms with Crippen molar-refractivity contribution in [2.45, 2.75) is 25.2 Å². The van der Waals surface area contributed by atoms with Gasteiger partial charge in [0.25, 0.3) is 0 Å². The third kappa shape index (κ3) is 2.48. The van der Waals surface area contributed by atoms with Crippen molar-refractivity contribution in [2.24, 2.45) is 0 Å². The van der Waals surface area contributed by atoms with Crippen molar-refractivity contribution >= 4 is 15.9 Å². The van der Waals surface area contributed by atoms with Crippen molar-refractivity contribution < 1.29 is 8.42 Å². The van der Waals surface area contributed by atoms with E-state index < -0.39 is 9.84 Å². The van der Waals surface area contributed by atoms with Crippen molar-refractivity contribution in [3.05, 3.63) is 35.4 Å². The standard InChI is InChI=1S/C12H16O2S/c1-5-10-7-9(3)12(15(4,13)14)8-11(10)6-2/h5,7-8H,1,6H2,2-4H3. The smallest absolute Gasteiger partial charge is 0.175 e. The molecule has 2 nitrogen and oxygen atoms in total. The summed E-state index contributed by atoms with van der Waals surface area (Å²) in [5.74, 6) is 0. The summed E-state index contributed by atoms with van der Waals surface area (Å²) < 4.78 is 23.0. The molecule has 0 amide bonds. The summed E-state index contributed by atoms with van der Waals surface area (Å²) in [7, 11) is -3.13. The summed E-state index contributed by atoms with van der Waals surface area (Å²) in [4.78, 5) is 0.421. The van der Waals surface area contributed by atoms with Gasteiger partial charge >= 0.3 is 0 Å². The summed E-state index contributed by atoms with van der Waals surface area (Å²) in [6.07, 6.45) is 3.81. The molecule has 0 saturated carbocycles. The molecule has 0 atom stereocenters. The first-order chi connectivity index (χ1) is 6.90. The lowest BCUT2D eigenvalue weighted by Gasteiger charge is -2.09. The summed E-state index contributed by atoms with van der Waals surface area (Å²) in [6, 6.07) is 3.63. The van der Waals surface area contributed by atoms with E-state index in [1.165, 1.54) is 6.26 Å². The average molecular weight is 224 g/mol. The van der Waals surface area contributed by atoms with E-state index in [9.17, 15) is 8.42 Å². The Kier molecular flexibility index (Phi) is 3.35. The zero-order chi connectivity index (χ0) is 11.6. The number of benzene rings is 1. The fraction of sp³-hybridized carbons (Fsp3) is 0.333. The SMILES string of the molecule is C=Cc1cc(C)c(S(C)(=O)=O)cc1CC. The van der Waals surface area contributed by atoms with E-state index >= 15 is 0 Å². The molecular formula is C12H16O2S. The Labute approximate surface area is 91.6 Å². The lowest BCUT2D eigenvalue weighted by atomic mass is 10.0. The van der Waals surface area contributed by atoms with Crippen LogP contribution in [0.15, 0.2) is 23.6 Å². The van der Waals surface area contributed by atoms with E-state index in [0.717, 1.165) is 23.1 Å². The molecule has 0 heterocycles. The zero-order valence-corrected chi connectivity index (χ0v) is 10.2. The van der Waals surface area contributed by atoms with Gasteiger partial charge in [0.2, 0.25) is 0 Å². The highest BCUT2D eigenvalue weighted by molar-refractivity contribution is 7.90. The molecule has 15 heavy (non-hydrogen) atoms. The average Bonchev–Trinajstić information content (AvgIpc) is 2.15. The molecule has 0 aliphatic rings. The van der Waals surface area contributed by atoms with Crippen molar-refractivity contribution in [1.82, 2.24) is 0 Å². The minimum atomic E-state index is -3.13. The monoisotopic (exact) mass is 224 g/mol. The number of hydrogen-bond donors (Lipinski definition) is 0. The molecule has 0 spiro atoms. The van der Waals surface area contributed by atoms with Gasteiger partial charge in [-0.05, 0) is 36.1 Å². The van der Waals surface area contributed by atoms with Gasteiger partial charge in [0.05, 0.1) is 4.90 Å². The van der Waals surface area contributed by atoms with Gasteiger partial charge in [-0.3, -0.25) is 0 Å². The minimum absolute atomic E-state index is 0.421. The second-order valence-electron chi connectivity index (χ2n) is 3.65. The van der Waals surface area contributed by atoms with Gasteiger partial charge in [-0.2, -0.15) is 0 Å². The maximum atomic E-state index is 11.5. The molecular weight excluding hydrogens is 208 g/mol. The van der Waals surface area contributed by atoms with Gasteiger partial charge in [0.15, 0.2) is 9.84 Å². The van der Waals surface area contributed by atoms with Crippen LogP contribution in [0.5, 0.6) is 0 Å². The van der Waals surface area contributed by atoms with E-state index in [-0.39, 0.29) is 0 Å². The first-order valence-corrected chi connectivity index (χ1v) is 6.75. The molecule has 1 aromatic carbocycles. The second kappa shape index (κ2) is 4.19. The molecule has 0 bridgehead atoms. The van der Waals surface area contributed by atoms with Gasteiger partial charge < -0.3 is 0 Å². The van der Waals surface area contributed by atoms with Crippen LogP contribution in [0.1, 0.15) is 23.6 Å². The Balaban J connectivity index is 3.52. The van der Waals surface area contributed by atoms with Crippen LogP contribution in [0.2, 0.25) is 0 Å². The predicted molar refractivity (Wildman–Crippen MR) is 63.8 cm³/mol. The van der Waals surface area contributed by atoms with E-state index in [1.807, 2.05) is 19.9 Å². The van der Waals surface area contributed by atoms with Crippen molar-refractivity contribution in [3.8, 4) is 0 Å². The van der Waals surface area contributed by atoms with Crippen LogP contribution in [0.25, 0.3) is 6.08 Å². The molecule has 0 fully saturated rings. The maximum Gasteiger partial charge on any atom is 0.175 e. The van der Waals surface area contributed by atoms with Gasteiger partial charge in [0.1, 0.15) is 0 Å². The maximum absolute atomic E-state index is 11.5. The molecule has 82 valence electrons. The first kappa shape index (κ1) is 12.0. The fourth-order valence-electron chi connectivity index (χ4n) is 1.65. The lowest BCUT2D eigenvalue weighted by molar-refractivity contribution is 0.601. The van der Waals surface area contributed by atoms with E-state index in [2.05, 4.69) is 6.58 Å². The normalized spacial score (nSPS) is 11.4. The quantitative estimate of drug-likeness (QED) is 0.791. The van der Waals surface area contributed by atoms with Gasteiger partial charge in [-0.1, -0.05) is 25.6 Å². The van der Waals surface area contributed by atoms with Crippen LogP contribution in [0.4, 0.5) is 0 Å². The van der Waals surface area contributed by atoms with E-state index in [0.29, 0.717) is 4.90 Å². The Morgan fingerprint density at radius 1 is 1.40 bits per heavy atom. The molecule has 0 aliphatic carbocycles. The van der Waals surface area contributed by atoms with Crippen molar-refractivity contribution in [1.29, 1.82) is 0 Å². The van der Waals surface area contributed by atoms with Crippen LogP contribution in [0.3, 0.4) is 0 Å². The molecule has 0 unspecified atom stereocenters. The Hall–Kier alpha value is -1.09. The van der Waals surface area contributed by atoms with Gasteiger partial charge in [-0.25, -0.2) is 8.42 Å². The zero-order valence-electron chi connectivity index (χ0n) is 9.37. The topological polar surface area (TPSA) is 34.1 Å². The van der Waals surface area contributed by atoms with Gasteiger partial charge in [-0.15, -0.1) is 0 Å². The van der Waals surface area contributed by atoms with Crippen LogP contribution >= 0.6 is 0 Å². The molecule has 0 aliphatic heterocycles. The number of hydrogen-bond acceptors (Lipinski definition) is 2. The third-order valence-electron chi connectivity index (χ3n) is 2.44. The molecule has 1 rings (SSSR count). The number of rotatable bonds is 3. The van der Waals surface area contributed by atoms with E-state index in [4.69, 9.17) is 0 Å². The third-order valence-corrected chi connectivity index (χ3v) is 3.68. The molecule has 0 radical (unpaired) electrons. The van der Waals surface area contributed by atoms with Crippen LogP contribution < -0.4 is 0 Å². The molecule has 0 aromatic heterocycles. The van der Waals surface area contributed by atoms with Crippen LogP contribution in [0, 0.1) is 6.92 Å². The first-order valence-electron chi connectivity index (χ1n) is 4.86. The fourth-order valence-corrected chi connectivity index (χ4v) is 2.65. The highest BCUT2D eigenvalue weighted by Gasteiger charge is 2.12. The molecule has 1 aromatic rings. The summed E-state index contributed by atoms with van der Waals surface area (Å²) in [5, 5.41) is 0. The Morgan fingerprint density at radius 3 is 2.40 bits per heavy atom. The molecule has 0 saturated heterocycles. The van der Waals surface area contributed by atoms with Crippen LogP contribution in [-0.2, 0) is 16.3 Å². The minimum Gasteiger partial charge on any atom is -0.224 e. The summed E-state index contributed by atoms with van der Waals surface area (Å²) in [5.41, 5.74) is 2.82. The second-order valence-corrected chi connectivity index (χ2v) is 5.63. The summed E-state index contributed by atoms with van der Waals surface area (Å²) in [6.45, 7) is 7.54. The molecule has 0 N–H and O–H groups in total. The van der Waals surface area contributed by atoms with Gasteiger partial charge in [0, 0.05) is 6.26 Å². The Morgan fingerprint density at radius 2 is 2.00 bits per heavy atom. The largest absolute Gasteiger partial charge is 0.224 e. The van der Waals surface area contributed by atoms with E-state index in [1.54, 1.807) is 12.1 Å². The highest BCUT2D eigenvalue weighted by Crippen LogP contribution is 2.22. The van der Waals surface area contributed by atoms with Crippen LogP contribution in [-0.4, -0.2) is 14.7 Å². The predicted octanol–water partition coefficient (Wildman–Crippen LogP) is 2.60. The Bertz CT molecular complexity index is 485. The number of aryl methyl sites for hydroxylation is 2. The molecule has 3 heteroatoms. The lowest BCUT2D eigenvalue weighted by Crippen LogP contribution is -2.02. The van der Waals surface area contributed by atoms with Crippen molar-refractivity contribution in [3.63, 3.8) is 0 Å². The number of sulfone groups is 1. The van der Waals surface area contributed by atoms with Crippen molar-refractivity contribution in [2.75, 3.05) is 6.26 Å². The summed E-state index contributed by atoms with van der Waals surface area (Å²) >= 11 is 0.